The molecule has 29 heavy (non-hydrogen) atoms. The average Bonchev–Trinajstić information content (AvgIpc) is 3.08. The van der Waals surface area contributed by atoms with E-state index in [0.717, 1.165) is 33.2 Å². The molecule has 0 fully saturated rings. The van der Waals surface area contributed by atoms with Crippen molar-refractivity contribution in [2.45, 2.75) is 48.0 Å². The van der Waals surface area contributed by atoms with Gasteiger partial charge in [0.15, 0.2) is 0 Å². The van der Waals surface area contributed by atoms with Crippen LogP contribution in [0.1, 0.15) is 60.3 Å². The van der Waals surface area contributed by atoms with Gasteiger partial charge in [-0.1, -0.05) is 30.4 Å². The highest BCUT2D eigenvalue weighted by molar-refractivity contribution is 7.14. The van der Waals surface area contributed by atoms with Crippen molar-refractivity contribution in [1.82, 2.24) is 0 Å². The number of rotatable bonds is 4. The van der Waals surface area contributed by atoms with Crippen molar-refractivity contribution in [2.75, 3.05) is 6.61 Å². The second-order valence-corrected chi connectivity index (χ2v) is 8.46. The summed E-state index contributed by atoms with van der Waals surface area (Å²) in [6.07, 6.45) is 0.731. The monoisotopic (exact) mass is 434 g/mol. The van der Waals surface area contributed by atoms with E-state index in [9.17, 15) is 4.79 Å². The van der Waals surface area contributed by atoms with Crippen LogP contribution in [0.2, 0.25) is 5.02 Å². The molecule has 0 amide bonds. The van der Waals surface area contributed by atoms with Gasteiger partial charge in [-0.15, -0.1) is 24.5 Å². The smallest absolute Gasteiger partial charge is 0.346 e. The predicted octanol–water partition coefficient (Wildman–Crippen LogP) is 7.26. The first-order chi connectivity index (χ1) is 13.6. The van der Waals surface area contributed by atoms with Crippen LogP contribution in [-0.2, 0) is 6.42 Å². The number of aromatic carboxylic acids is 1. The number of carboxylic acids is 1. The Bertz CT molecular complexity index is 851. The molecule has 5 heteroatoms. The molecule has 0 bridgehead atoms. The van der Waals surface area contributed by atoms with Gasteiger partial charge in [-0.05, 0) is 76.4 Å². The summed E-state index contributed by atoms with van der Waals surface area (Å²) in [4.78, 5) is 12.2. The van der Waals surface area contributed by atoms with Crippen molar-refractivity contribution >= 4 is 28.9 Å². The number of halogens is 1. The lowest BCUT2D eigenvalue weighted by molar-refractivity contribution is 0.0701. The molecule has 3 nitrogen and oxygen atoms in total. The molecule has 0 saturated carbocycles. The number of carboxylic acid groups (broad SMARTS) is 1. The fourth-order valence-electron chi connectivity index (χ4n) is 2.11. The van der Waals surface area contributed by atoms with Gasteiger partial charge in [0.1, 0.15) is 10.6 Å². The Morgan fingerprint density at radius 2 is 1.86 bits per heavy atom. The molecule has 1 heterocycles. The Balaban J connectivity index is 0.000000526. The molecule has 2 rings (SSSR count). The van der Waals surface area contributed by atoms with Crippen molar-refractivity contribution in [3.05, 3.63) is 63.3 Å². The van der Waals surface area contributed by atoms with E-state index in [-0.39, 0.29) is 5.41 Å². The summed E-state index contributed by atoms with van der Waals surface area (Å²) >= 11 is 7.02. The van der Waals surface area contributed by atoms with E-state index in [0.29, 0.717) is 11.5 Å². The number of benzene rings is 1. The maximum absolute atomic E-state index is 11.0. The molecule has 1 N–H and O–H groups in total. The molecule has 2 aromatic rings. The Kier molecular flexibility index (Phi) is 12.1. The van der Waals surface area contributed by atoms with E-state index in [2.05, 4.69) is 25.0 Å². The Labute approximate surface area is 184 Å². The third-order valence-corrected chi connectivity index (χ3v) is 4.70. The minimum atomic E-state index is -0.856. The molecule has 0 aliphatic carbocycles. The van der Waals surface area contributed by atoms with E-state index < -0.39 is 5.97 Å². The fourth-order valence-corrected chi connectivity index (χ4v) is 3.28. The van der Waals surface area contributed by atoms with Crippen LogP contribution in [0, 0.1) is 24.2 Å². The molecule has 158 valence electrons. The third-order valence-electron chi connectivity index (χ3n) is 3.38. The standard InChI is InChI=1S/C13H16O2S.C9H11ClO.C2H4/c1-5-9-8-10(6-7-13(2,3)4)16-11(9)12(14)15;1-3-11-9-5-4-8(10)6-7(9)2;1-2/h8H,5H2,1-4H3,(H,14,15);4-6H,3H2,1-2H3;1-2H2. The number of aryl methyl sites for hydroxylation is 2. The van der Waals surface area contributed by atoms with E-state index >= 15 is 0 Å². The first kappa shape index (κ1) is 26.8. The molecule has 0 saturated heterocycles. The van der Waals surface area contributed by atoms with Gasteiger partial charge in [-0.25, -0.2) is 4.79 Å². The maximum atomic E-state index is 11.0. The van der Waals surface area contributed by atoms with Crippen LogP contribution < -0.4 is 4.74 Å². The summed E-state index contributed by atoms with van der Waals surface area (Å²) in [6.45, 7) is 18.7. The van der Waals surface area contributed by atoms with Crippen LogP contribution in [-0.4, -0.2) is 17.7 Å². The molecule has 0 unspecified atom stereocenters. The van der Waals surface area contributed by atoms with Crippen molar-refractivity contribution in [1.29, 1.82) is 0 Å². The summed E-state index contributed by atoms with van der Waals surface area (Å²) in [6, 6.07) is 7.50. The molecule has 0 atom stereocenters. The van der Waals surface area contributed by atoms with Crippen LogP contribution in [0.15, 0.2) is 37.4 Å². The topological polar surface area (TPSA) is 46.5 Å². The lowest BCUT2D eigenvalue weighted by Crippen LogP contribution is -1.98. The number of ether oxygens (including phenoxy) is 1. The predicted molar refractivity (Wildman–Crippen MR) is 126 cm³/mol. The van der Waals surface area contributed by atoms with Crippen LogP contribution in [0.4, 0.5) is 0 Å². The Hall–Kier alpha value is -2.22. The second-order valence-electron chi connectivity index (χ2n) is 6.97. The maximum Gasteiger partial charge on any atom is 0.346 e. The fraction of sp³-hybridized carbons (Fsp3) is 0.375. The van der Waals surface area contributed by atoms with E-state index in [1.165, 1.54) is 11.3 Å². The van der Waals surface area contributed by atoms with Gasteiger partial charge in [0.2, 0.25) is 0 Å². The normalized spacial score (nSPS) is 9.76. The van der Waals surface area contributed by atoms with Gasteiger partial charge in [0.05, 0.1) is 11.5 Å². The molecule has 1 aromatic carbocycles. The SMILES string of the molecule is C=C.CCOc1ccc(Cl)cc1C.CCc1cc(C#CC(C)(C)C)sc1C(=O)O. The van der Waals surface area contributed by atoms with Crippen molar-refractivity contribution in [3.8, 4) is 17.6 Å². The highest BCUT2D eigenvalue weighted by Crippen LogP contribution is 2.23. The highest BCUT2D eigenvalue weighted by Gasteiger charge is 2.13. The highest BCUT2D eigenvalue weighted by atomic mass is 35.5. The summed E-state index contributed by atoms with van der Waals surface area (Å²) in [5.41, 5.74) is 1.90. The van der Waals surface area contributed by atoms with Gasteiger partial charge in [0.25, 0.3) is 0 Å². The van der Waals surface area contributed by atoms with Crippen molar-refractivity contribution in [2.24, 2.45) is 5.41 Å². The van der Waals surface area contributed by atoms with Crippen LogP contribution in [0.5, 0.6) is 5.75 Å². The van der Waals surface area contributed by atoms with Crippen molar-refractivity contribution < 1.29 is 14.6 Å². The number of carbonyl (C=O) groups is 1. The van der Waals surface area contributed by atoms with Gasteiger partial charge in [-0.3, -0.25) is 0 Å². The summed E-state index contributed by atoms with van der Waals surface area (Å²) in [7, 11) is 0. The Morgan fingerprint density at radius 1 is 1.24 bits per heavy atom. The first-order valence-electron chi connectivity index (χ1n) is 9.35. The summed E-state index contributed by atoms with van der Waals surface area (Å²) < 4.78 is 5.33. The summed E-state index contributed by atoms with van der Waals surface area (Å²) in [5, 5.41) is 9.76. The number of thiophene rings is 1. The molecule has 0 aliphatic rings. The summed E-state index contributed by atoms with van der Waals surface area (Å²) in [5.74, 6) is 6.21. The average molecular weight is 435 g/mol. The molecular formula is C24H31ClO3S. The lowest BCUT2D eigenvalue weighted by Gasteiger charge is -2.06. The first-order valence-corrected chi connectivity index (χ1v) is 10.5. The lowest BCUT2D eigenvalue weighted by atomic mass is 9.98. The number of hydrogen-bond acceptors (Lipinski definition) is 3. The molecule has 0 spiro atoms. The van der Waals surface area contributed by atoms with Crippen LogP contribution >= 0.6 is 22.9 Å². The molecule has 0 radical (unpaired) electrons. The zero-order chi connectivity index (χ0) is 22.6. The largest absolute Gasteiger partial charge is 0.494 e. The zero-order valence-corrected chi connectivity index (χ0v) is 19.8. The minimum Gasteiger partial charge on any atom is -0.494 e. The van der Waals surface area contributed by atoms with Gasteiger partial charge in [-0.2, -0.15) is 0 Å². The van der Waals surface area contributed by atoms with Crippen LogP contribution in [0.3, 0.4) is 0 Å². The quantitative estimate of drug-likeness (QED) is 0.407. The van der Waals surface area contributed by atoms with Gasteiger partial charge < -0.3 is 9.84 Å². The second kappa shape index (κ2) is 13.1. The zero-order valence-electron chi connectivity index (χ0n) is 18.2. The van der Waals surface area contributed by atoms with E-state index in [4.69, 9.17) is 21.4 Å². The molecular weight excluding hydrogens is 404 g/mol. The van der Waals surface area contributed by atoms with E-state index in [1.54, 1.807) is 0 Å². The van der Waals surface area contributed by atoms with Crippen LogP contribution in [0.25, 0.3) is 0 Å². The van der Waals surface area contributed by atoms with Gasteiger partial charge >= 0.3 is 5.97 Å². The molecule has 0 aliphatic heterocycles. The van der Waals surface area contributed by atoms with E-state index in [1.807, 2.05) is 65.8 Å². The number of hydrogen-bond donors (Lipinski definition) is 1. The third kappa shape index (κ3) is 10.2. The minimum absolute atomic E-state index is 0.0558. The molecule has 1 aromatic heterocycles. The van der Waals surface area contributed by atoms with Gasteiger partial charge in [0, 0.05) is 10.4 Å². The Morgan fingerprint density at radius 3 is 2.28 bits per heavy atom. The van der Waals surface area contributed by atoms with Crippen molar-refractivity contribution in [3.63, 3.8) is 0 Å².